The summed E-state index contributed by atoms with van der Waals surface area (Å²) in [6.45, 7) is 1.34. The SMILES string of the molecule is CC(=O)N(Cl)c1ncccn1. The van der Waals surface area contributed by atoms with E-state index in [1.54, 1.807) is 6.07 Å². The highest BCUT2D eigenvalue weighted by atomic mass is 35.5. The van der Waals surface area contributed by atoms with Crippen molar-refractivity contribution in [2.24, 2.45) is 0 Å². The fraction of sp³-hybridized carbons (Fsp3) is 0.167. The molecule has 1 rings (SSSR count). The lowest BCUT2D eigenvalue weighted by atomic mass is 10.6. The minimum atomic E-state index is -0.308. The molecule has 0 aliphatic heterocycles. The highest BCUT2D eigenvalue weighted by molar-refractivity contribution is 6.35. The molecular weight excluding hydrogens is 166 g/mol. The van der Waals surface area contributed by atoms with E-state index in [0.29, 0.717) is 0 Å². The van der Waals surface area contributed by atoms with E-state index >= 15 is 0 Å². The van der Waals surface area contributed by atoms with Gasteiger partial charge in [-0.1, -0.05) is 0 Å². The number of nitrogens with zero attached hydrogens (tertiary/aromatic N) is 3. The summed E-state index contributed by atoms with van der Waals surface area (Å²) < 4.78 is 0.861. The first-order valence-corrected chi connectivity index (χ1v) is 3.29. The summed E-state index contributed by atoms with van der Waals surface area (Å²) in [5, 5.41) is 0. The van der Waals surface area contributed by atoms with Crippen LogP contribution in [0.4, 0.5) is 5.95 Å². The lowest BCUT2D eigenvalue weighted by Gasteiger charge is -2.06. The van der Waals surface area contributed by atoms with E-state index in [0.717, 1.165) is 4.42 Å². The van der Waals surface area contributed by atoms with Gasteiger partial charge in [0.2, 0.25) is 11.9 Å². The van der Waals surface area contributed by atoms with Gasteiger partial charge < -0.3 is 0 Å². The van der Waals surface area contributed by atoms with Gasteiger partial charge in [-0.3, -0.25) is 4.79 Å². The summed E-state index contributed by atoms with van der Waals surface area (Å²) in [5.74, 6) is -0.112. The normalized spacial score (nSPS) is 9.27. The van der Waals surface area contributed by atoms with Gasteiger partial charge in [0.1, 0.15) is 0 Å². The molecule has 11 heavy (non-hydrogen) atoms. The Balaban J connectivity index is 2.85. The Morgan fingerprint density at radius 2 is 2.09 bits per heavy atom. The zero-order chi connectivity index (χ0) is 8.27. The lowest BCUT2D eigenvalue weighted by molar-refractivity contribution is -0.115. The Hall–Kier alpha value is -1.16. The zero-order valence-electron chi connectivity index (χ0n) is 5.86. The van der Waals surface area contributed by atoms with Crippen molar-refractivity contribution in [2.45, 2.75) is 6.92 Å². The molecule has 1 aromatic heterocycles. The van der Waals surface area contributed by atoms with Crippen LogP contribution >= 0.6 is 11.8 Å². The van der Waals surface area contributed by atoms with Crippen molar-refractivity contribution in [3.8, 4) is 0 Å². The third kappa shape index (κ3) is 1.88. The zero-order valence-corrected chi connectivity index (χ0v) is 6.62. The quantitative estimate of drug-likeness (QED) is 0.592. The maximum absolute atomic E-state index is 10.7. The molecular formula is C6H6ClN3O. The molecule has 0 unspecified atom stereocenters. The molecule has 0 atom stereocenters. The van der Waals surface area contributed by atoms with Gasteiger partial charge in [-0.05, 0) is 6.07 Å². The van der Waals surface area contributed by atoms with Crippen LogP contribution in [-0.4, -0.2) is 15.9 Å². The molecule has 0 saturated heterocycles. The minimum absolute atomic E-state index is 0.196. The maximum Gasteiger partial charge on any atom is 0.247 e. The second kappa shape index (κ2) is 3.30. The molecule has 0 radical (unpaired) electrons. The Labute approximate surface area is 68.9 Å². The van der Waals surface area contributed by atoms with Gasteiger partial charge in [-0.15, -0.1) is 0 Å². The predicted octanol–water partition coefficient (Wildman–Crippen LogP) is 0.983. The summed E-state index contributed by atoms with van der Waals surface area (Å²) in [6, 6.07) is 1.65. The third-order valence-electron chi connectivity index (χ3n) is 1.00. The summed E-state index contributed by atoms with van der Waals surface area (Å²) >= 11 is 5.50. The number of carbonyl (C=O) groups excluding carboxylic acids is 1. The van der Waals surface area contributed by atoms with E-state index in [1.807, 2.05) is 0 Å². The van der Waals surface area contributed by atoms with Crippen LogP contribution in [0.5, 0.6) is 0 Å². The molecule has 0 aliphatic rings. The van der Waals surface area contributed by atoms with Crippen LogP contribution in [0, 0.1) is 0 Å². The predicted molar refractivity (Wildman–Crippen MR) is 41.0 cm³/mol. The monoisotopic (exact) mass is 171 g/mol. The van der Waals surface area contributed by atoms with Crippen LogP contribution in [-0.2, 0) is 4.79 Å². The molecule has 0 aromatic carbocycles. The van der Waals surface area contributed by atoms with E-state index in [2.05, 4.69) is 9.97 Å². The maximum atomic E-state index is 10.7. The van der Waals surface area contributed by atoms with Gasteiger partial charge in [-0.2, -0.15) is 4.42 Å². The molecule has 4 nitrogen and oxygen atoms in total. The van der Waals surface area contributed by atoms with Crippen LogP contribution in [0.2, 0.25) is 0 Å². The fourth-order valence-corrected chi connectivity index (χ4v) is 0.621. The fourth-order valence-electron chi connectivity index (χ4n) is 0.533. The van der Waals surface area contributed by atoms with Crippen molar-refractivity contribution in [3.05, 3.63) is 18.5 Å². The van der Waals surface area contributed by atoms with E-state index in [-0.39, 0.29) is 11.9 Å². The number of amides is 1. The highest BCUT2D eigenvalue weighted by Gasteiger charge is 2.09. The number of hydrogen-bond donors (Lipinski definition) is 0. The van der Waals surface area contributed by atoms with Crippen molar-refractivity contribution in [3.63, 3.8) is 0 Å². The first-order valence-electron chi connectivity index (χ1n) is 2.95. The average molecular weight is 172 g/mol. The number of hydrogen-bond acceptors (Lipinski definition) is 3. The van der Waals surface area contributed by atoms with Crippen LogP contribution < -0.4 is 4.42 Å². The molecule has 0 aliphatic carbocycles. The van der Waals surface area contributed by atoms with E-state index in [1.165, 1.54) is 19.3 Å². The first-order chi connectivity index (χ1) is 5.22. The average Bonchev–Trinajstić information content (AvgIpc) is 2.05. The van der Waals surface area contributed by atoms with Crippen molar-refractivity contribution < 1.29 is 4.79 Å². The smallest absolute Gasteiger partial charge is 0.247 e. The molecule has 1 aromatic rings. The van der Waals surface area contributed by atoms with Gasteiger partial charge >= 0.3 is 0 Å². The molecule has 0 saturated carbocycles. The van der Waals surface area contributed by atoms with Crippen LogP contribution in [0.25, 0.3) is 0 Å². The number of anilines is 1. The molecule has 5 heteroatoms. The first kappa shape index (κ1) is 7.94. The topological polar surface area (TPSA) is 46.1 Å². The second-order valence-electron chi connectivity index (χ2n) is 1.85. The molecule has 0 spiro atoms. The third-order valence-corrected chi connectivity index (χ3v) is 1.39. The van der Waals surface area contributed by atoms with E-state index in [9.17, 15) is 4.79 Å². The largest absolute Gasteiger partial charge is 0.273 e. The van der Waals surface area contributed by atoms with Gasteiger partial charge in [0, 0.05) is 31.1 Å². The molecule has 0 fully saturated rings. The van der Waals surface area contributed by atoms with Crippen LogP contribution in [0.15, 0.2) is 18.5 Å². The van der Waals surface area contributed by atoms with Crippen molar-refractivity contribution in [1.82, 2.24) is 9.97 Å². The molecule has 0 bridgehead atoms. The van der Waals surface area contributed by atoms with Crippen molar-refractivity contribution in [1.29, 1.82) is 0 Å². The summed E-state index contributed by atoms with van der Waals surface area (Å²) in [7, 11) is 0. The van der Waals surface area contributed by atoms with Gasteiger partial charge in [0.05, 0.1) is 0 Å². The van der Waals surface area contributed by atoms with E-state index < -0.39 is 0 Å². The highest BCUT2D eigenvalue weighted by Crippen LogP contribution is 2.07. The molecule has 1 heterocycles. The van der Waals surface area contributed by atoms with Gasteiger partial charge in [0.25, 0.3) is 0 Å². The summed E-state index contributed by atoms with van der Waals surface area (Å²) in [4.78, 5) is 18.2. The van der Waals surface area contributed by atoms with Crippen molar-refractivity contribution in [2.75, 3.05) is 4.42 Å². The van der Waals surface area contributed by atoms with Crippen molar-refractivity contribution >= 4 is 23.6 Å². The number of aromatic nitrogens is 2. The van der Waals surface area contributed by atoms with E-state index in [4.69, 9.17) is 11.8 Å². The summed E-state index contributed by atoms with van der Waals surface area (Å²) in [6.07, 6.45) is 3.03. The molecule has 0 N–H and O–H groups in total. The Morgan fingerprint density at radius 3 is 2.55 bits per heavy atom. The van der Waals surface area contributed by atoms with Gasteiger partial charge in [0.15, 0.2) is 0 Å². The van der Waals surface area contributed by atoms with Crippen LogP contribution in [0.3, 0.4) is 0 Å². The Bertz CT molecular complexity index is 251. The standard InChI is InChI=1S/C6H6ClN3O/c1-5(11)10(7)6-8-3-2-4-9-6/h2-4H,1H3. The molecule has 1 amide bonds. The molecule has 58 valence electrons. The second-order valence-corrected chi connectivity index (χ2v) is 2.19. The number of rotatable bonds is 1. The minimum Gasteiger partial charge on any atom is -0.273 e. The number of halogens is 1. The van der Waals surface area contributed by atoms with Crippen LogP contribution in [0.1, 0.15) is 6.92 Å². The summed E-state index contributed by atoms with van der Waals surface area (Å²) in [5.41, 5.74) is 0. The lowest BCUT2D eigenvalue weighted by Crippen LogP contribution is -2.18. The Kier molecular flexibility index (Phi) is 2.38. The van der Waals surface area contributed by atoms with Gasteiger partial charge in [-0.25, -0.2) is 9.97 Å². The number of carbonyl (C=O) groups is 1. The Morgan fingerprint density at radius 1 is 1.55 bits per heavy atom.